The molecule has 1 aromatic carbocycles. The second kappa shape index (κ2) is 9.14. The Morgan fingerprint density at radius 2 is 1.81 bits per heavy atom. The summed E-state index contributed by atoms with van der Waals surface area (Å²) in [6.45, 7) is 7.15. The van der Waals surface area contributed by atoms with Gasteiger partial charge in [-0.3, -0.25) is 24.6 Å². The molecular formula is C17H25N5O4. The fourth-order valence-corrected chi connectivity index (χ4v) is 2.83. The second-order valence-corrected chi connectivity index (χ2v) is 6.22. The van der Waals surface area contributed by atoms with Gasteiger partial charge in [-0.25, -0.2) is 0 Å². The number of nitro groups is 1. The Hall–Kier alpha value is -2.68. The highest BCUT2D eigenvalue weighted by Gasteiger charge is 2.21. The number of carbonyl (C=O) groups excluding carboxylic acids is 2. The van der Waals surface area contributed by atoms with Crippen LogP contribution in [-0.2, 0) is 9.59 Å². The molecule has 2 amide bonds. The molecule has 2 N–H and O–H groups in total. The maximum absolute atomic E-state index is 12.1. The van der Waals surface area contributed by atoms with Crippen LogP contribution in [0.15, 0.2) is 24.3 Å². The first-order chi connectivity index (χ1) is 12.4. The highest BCUT2D eigenvalue weighted by atomic mass is 16.6. The summed E-state index contributed by atoms with van der Waals surface area (Å²) in [5.74, 6) is -0.364. The van der Waals surface area contributed by atoms with Gasteiger partial charge in [0.05, 0.1) is 11.5 Å². The molecule has 0 radical (unpaired) electrons. The number of nitro benzene ring substituents is 1. The topological polar surface area (TPSA) is 108 Å². The molecule has 1 atom stereocenters. The van der Waals surface area contributed by atoms with Crippen molar-refractivity contribution in [3.63, 3.8) is 0 Å². The number of amides is 2. The van der Waals surface area contributed by atoms with E-state index in [-0.39, 0.29) is 24.0 Å². The van der Waals surface area contributed by atoms with Crippen molar-refractivity contribution in [2.45, 2.75) is 19.9 Å². The van der Waals surface area contributed by atoms with Gasteiger partial charge in [0.1, 0.15) is 6.04 Å². The van der Waals surface area contributed by atoms with Crippen LogP contribution in [0.5, 0.6) is 0 Å². The predicted molar refractivity (Wildman–Crippen MR) is 98.0 cm³/mol. The smallest absolute Gasteiger partial charge is 0.269 e. The Morgan fingerprint density at radius 1 is 1.19 bits per heavy atom. The molecule has 0 spiro atoms. The average Bonchev–Trinajstić information content (AvgIpc) is 2.62. The van der Waals surface area contributed by atoms with E-state index in [9.17, 15) is 19.7 Å². The van der Waals surface area contributed by atoms with E-state index in [2.05, 4.69) is 15.5 Å². The molecular weight excluding hydrogens is 338 g/mol. The number of anilines is 1. The lowest BCUT2D eigenvalue weighted by Crippen LogP contribution is -2.52. The molecule has 1 aliphatic rings. The number of piperazine rings is 1. The van der Waals surface area contributed by atoms with Crippen LogP contribution >= 0.6 is 0 Å². The molecule has 0 aromatic heterocycles. The summed E-state index contributed by atoms with van der Waals surface area (Å²) < 4.78 is 0. The minimum absolute atomic E-state index is 0.0743. The highest BCUT2D eigenvalue weighted by Crippen LogP contribution is 2.20. The van der Waals surface area contributed by atoms with Crippen molar-refractivity contribution in [1.82, 2.24) is 15.5 Å². The van der Waals surface area contributed by atoms with Crippen LogP contribution in [0, 0.1) is 10.1 Å². The van der Waals surface area contributed by atoms with E-state index < -0.39 is 11.0 Å². The van der Waals surface area contributed by atoms with Crippen LogP contribution in [0.25, 0.3) is 0 Å². The molecule has 2 rings (SSSR count). The Labute approximate surface area is 152 Å². The fourth-order valence-electron chi connectivity index (χ4n) is 2.83. The van der Waals surface area contributed by atoms with E-state index in [1.54, 1.807) is 19.1 Å². The van der Waals surface area contributed by atoms with Gasteiger partial charge in [-0.1, -0.05) is 0 Å². The van der Waals surface area contributed by atoms with Crippen LogP contribution in [0.4, 0.5) is 11.4 Å². The van der Waals surface area contributed by atoms with Crippen molar-refractivity contribution < 1.29 is 14.5 Å². The zero-order chi connectivity index (χ0) is 19.1. The Kier molecular flexibility index (Phi) is 6.90. The quantitative estimate of drug-likeness (QED) is 0.535. The zero-order valence-electron chi connectivity index (χ0n) is 15.1. The minimum Gasteiger partial charge on any atom is -0.369 e. The third-order valence-corrected chi connectivity index (χ3v) is 4.29. The van der Waals surface area contributed by atoms with Gasteiger partial charge in [0.15, 0.2) is 0 Å². The number of nitrogens with one attached hydrogen (secondary N) is 2. The van der Waals surface area contributed by atoms with Crippen LogP contribution in [0.2, 0.25) is 0 Å². The first-order valence-corrected chi connectivity index (χ1v) is 8.69. The third-order valence-electron chi connectivity index (χ3n) is 4.29. The van der Waals surface area contributed by atoms with Crippen LogP contribution in [-0.4, -0.2) is 66.9 Å². The van der Waals surface area contributed by atoms with E-state index >= 15 is 0 Å². The minimum atomic E-state index is -0.552. The van der Waals surface area contributed by atoms with Gasteiger partial charge in [-0.05, 0) is 26.0 Å². The molecule has 1 aromatic rings. The van der Waals surface area contributed by atoms with Gasteiger partial charge in [-0.15, -0.1) is 0 Å². The molecule has 0 unspecified atom stereocenters. The van der Waals surface area contributed by atoms with Gasteiger partial charge in [0.2, 0.25) is 11.8 Å². The van der Waals surface area contributed by atoms with E-state index in [4.69, 9.17) is 0 Å². The summed E-state index contributed by atoms with van der Waals surface area (Å²) in [4.78, 5) is 38.2. The maximum atomic E-state index is 12.1. The summed E-state index contributed by atoms with van der Waals surface area (Å²) in [7, 11) is 0. The highest BCUT2D eigenvalue weighted by molar-refractivity contribution is 5.87. The number of benzene rings is 1. The van der Waals surface area contributed by atoms with Crippen molar-refractivity contribution in [3.05, 3.63) is 34.4 Å². The molecule has 0 bridgehead atoms. The molecule has 9 nitrogen and oxygen atoms in total. The van der Waals surface area contributed by atoms with Crippen molar-refractivity contribution in [3.8, 4) is 0 Å². The molecule has 9 heteroatoms. The van der Waals surface area contributed by atoms with Crippen molar-refractivity contribution in [2.24, 2.45) is 0 Å². The molecule has 0 saturated carbocycles. The first kappa shape index (κ1) is 19.6. The Morgan fingerprint density at radius 3 is 2.35 bits per heavy atom. The maximum Gasteiger partial charge on any atom is 0.269 e. The van der Waals surface area contributed by atoms with Crippen molar-refractivity contribution in [2.75, 3.05) is 44.2 Å². The normalized spacial score (nSPS) is 16.0. The SMILES string of the molecule is CCNC(=O)[C@@H](C)NC(=O)CN1CCN(c2ccc([N+](=O)[O-])cc2)CC1. The van der Waals surface area contributed by atoms with Crippen LogP contribution in [0.1, 0.15) is 13.8 Å². The van der Waals surface area contributed by atoms with E-state index in [0.717, 1.165) is 18.8 Å². The Balaban J connectivity index is 1.78. The lowest BCUT2D eigenvalue weighted by atomic mass is 10.2. The van der Waals surface area contributed by atoms with Crippen LogP contribution in [0.3, 0.4) is 0 Å². The van der Waals surface area contributed by atoms with Gasteiger partial charge in [0, 0.05) is 50.5 Å². The number of hydrogen-bond donors (Lipinski definition) is 2. The summed E-state index contributed by atoms with van der Waals surface area (Å²) in [5, 5.41) is 16.1. The third kappa shape index (κ3) is 5.41. The number of rotatable bonds is 7. The molecule has 1 saturated heterocycles. The summed E-state index contributed by atoms with van der Waals surface area (Å²) in [6, 6.07) is 5.93. The van der Waals surface area contributed by atoms with E-state index in [0.29, 0.717) is 19.6 Å². The number of hydrogen-bond acceptors (Lipinski definition) is 6. The van der Waals surface area contributed by atoms with Crippen molar-refractivity contribution >= 4 is 23.2 Å². The lowest BCUT2D eigenvalue weighted by molar-refractivity contribution is -0.384. The number of likely N-dealkylation sites (N-methyl/N-ethyl adjacent to an activating group) is 1. The van der Waals surface area contributed by atoms with Crippen LogP contribution < -0.4 is 15.5 Å². The molecule has 1 aliphatic heterocycles. The number of non-ortho nitro benzene ring substituents is 1. The fraction of sp³-hybridized carbons (Fsp3) is 0.529. The average molecular weight is 363 g/mol. The molecule has 1 fully saturated rings. The summed E-state index contributed by atoms with van der Waals surface area (Å²) >= 11 is 0. The number of carbonyl (C=O) groups is 2. The molecule has 1 heterocycles. The molecule has 26 heavy (non-hydrogen) atoms. The first-order valence-electron chi connectivity index (χ1n) is 8.69. The second-order valence-electron chi connectivity index (χ2n) is 6.22. The molecule has 0 aliphatic carbocycles. The lowest BCUT2D eigenvalue weighted by Gasteiger charge is -2.35. The van der Waals surface area contributed by atoms with Gasteiger partial charge in [-0.2, -0.15) is 0 Å². The van der Waals surface area contributed by atoms with Gasteiger partial charge < -0.3 is 15.5 Å². The molecule has 142 valence electrons. The largest absolute Gasteiger partial charge is 0.369 e. The number of nitrogens with zero attached hydrogens (tertiary/aromatic N) is 3. The van der Waals surface area contributed by atoms with E-state index in [1.807, 2.05) is 11.8 Å². The standard InChI is InChI=1S/C17H25N5O4/c1-3-18-17(24)13(2)19-16(23)12-20-8-10-21(11-9-20)14-4-6-15(7-5-14)22(25)26/h4-7,13H,3,8-12H2,1-2H3,(H,18,24)(H,19,23)/t13-/m1/s1. The Bertz CT molecular complexity index is 641. The summed E-state index contributed by atoms with van der Waals surface area (Å²) in [6.07, 6.45) is 0. The summed E-state index contributed by atoms with van der Waals surface area (Å²) in [5.41, 5.74) is 1.01. The predicted octanol–water partition coefficient (Wildman–Crippen LogP) is 0.358. The van der Waals surface area contributed by atoms with E-state index in [1.165, 1.54) is 12.1 Å². The zero-order valence-corrected chi connectivity index (χ0v) is 15.1. The monoisotopic (exact) mass is 363 g/mol. The van der Waals surface area contributed by atoms with Gasteiger partial charge >= 0.3 is 0 Å². The van der Waals surface area contributed by atoms with Gasteiger partial charge in [0.25, 0.3) is 5.69 Å². The van der Waals surface area contributed by atoms with Crippen molar-refractivity contribution in [1.29, 1.82) is 0 Å².